The third-order valence-corrected chi connectivity index (χ3v) is 3.13. The summed E-state index contributed by atoms with van der Waals surface area (Å²) in [5, 5.41) is 0. The van der Waals surface area contributed by atoms with Crippen LogP contribution in [0.25, 0.3) is 0 Å². The Bertz CT molecular complexity index is 221. The topological polar surface area (TPSA) is 26.3 Å². The molecule has 0 N–H and O–H groups in total. The van der Waals surface area contributed by atoms with Gasteiger partial charge in [0.15, 0.2) is 0 Å². The van der Waals surface area contributed by atoms with Crippen molar-refractivity contribution in [2.75, 3.05) is 6.61 Å². The molecule has 2 heteroatoms. The molecule has 0 aliphatic rings. The molecule has 0 heterocycles. The van der Waals surface area contributed by atoms with Crippen molar-refractivity contribution < 1.29 is 9.53 Å². The molecule has 0 rings (SSSR count). The second kappa shape index (κ2) is 12.7. The van der Waals surface area contributed by atoms with Crippen molar-refractivity contribution in [2.45, 2.75) is 72.1 Å². The fraction of sp³-hybridized carbons (Fsp3) is 0.812. The second-order valence-corrected chi connectivity index (χ2v) is 5.11. The van der Waals surface area contributed by atoms with E-state index in [1.165, 1.54) is 51.9 Å². The van der Waals surface area contributed by atoms with E-state index in [2.05, 4.69) is 26.0 Å². The summed E-state index contributed by atoms with van der Waals surface area (Å²) in [6, 6.07) is 0. The van der Waals surface area contributed by atoms with E-state index in [1.54, 1.807) is 0 Å². The van der Waals surface area contributed by atoms with Gasteiger partial charge in [-0.25, -0.2) is 0 Å². The highest BCUT2D eigenvalue weighted by Gasteiger charge is 1.97. The SMILES string of the molecule is C/C=C/C(C)CCCCCCCCCOC(C)=O. The molecule has 0 aromatic carbocycles. The fourth-order valence-electron chi connectivity index (χ4n) is 2.09. The lowest BCUT2D eigenvalue weighted by Gasteiger charge is -2.06. The van der Waals surface area contributed by atoms with Gasteiger partial charge in [0, 0.05) is 6.92 Å². The minimum Gasteiger partial charge on any atom is -0.466 e. The average Bonchev–Trinajstić information content (AvgIpc) is 2.31. The molecular formula is C16H30O2. The maximum Gasteiger partial charge on any atom is 0.302 e. The Kier molecular flexibility index (Phi) is 12.1. The minimum absolute atomic E-state index is 0.162. The molecule has 0 aromatic heterocycles. The van der Waals surface area contributed by atoms with Crippen LogP contribution in [-0.4, -0.2) is 12.6 Å². The van der Waals surface area contributed by atoms with Gasteiger partial charge in [0.25, 0.3) is 0 Å². The predicted octanol–water partition coefficient (Wildman–Crippen LogP) is 4.88. The standard InChI is InChI=1S/C16H30O2/c1-4-12-15(2)13-10-8-6-5-7-9-11-14-18-16(3)17/h4,12,15H,5-11,13-14H2,1-3H3/b12-4+. The van der Waals surface area contributed by atoms with E-state index >= 15 is 0 Å². The number of ether oxygens (including phenoxy) is 1. The highest BCUT2D eigenvalue weighted by Crippen LogP contribution is 2.13. The lowest BCUT2D eigenvalue weighted by Crippen LogP contribution is -2.00. The van der Waals surface area contributed by atoms with E-state index in [9.17, 15) is 4.79 Å². The molecule has 0 saturated carbocycles. The molecule has 0 amide bonds. The summed E-state index contributed by atoms with van der Waals surface area (Å²) in [4.78, 5) is 10.5. The molecule has 0 fully saturated rings. The molecule has 2 nitrogen and oxygen atoms in total. The fourth-order valence-corrected chi connectivity index (χ4v) is 2.09. The van der Waals surface area contributed by atoms with Gasteiger partial charge in [-0.3, -0.25) is 4.79 Å². The lowest BCUT2D eigenvalue weighted by molar-refractivity contribution is -0.141. The Morgan fingerprint density at radius 3 is 2.17 bits per heavy atom. The number of allylic oxidation sites excluding steroid dienone is 2. The van der Waals surface area contributed by atoms with E-state index in [0.29, 0.717) is 6.61 Å². The average molecular weight is 254 g/mol. The molecule has 0 saturated heterocycles. The zero-order valence-electron chi connectivity index (χ0n) is 12.4. The van der Waals surface area contributed by atoms with Crippen LogP contribution < -0.4 is 0 Å². The van der Waals surface area contributed by atoms with Crippen LogP contribution in [0.5, 0.6) is 0 Å². The third-order valence-electron chi connectivity index (χ3n) is 3.13. The Morgan fingerprint density at radius 1 is 1.06 bits per heavy atom. The number of hydrogen-bond acceptors (Lipinski definition) is 2. The first-order valence-electron chi connectivity index (χ1n) is 7.43. The molecule has 106 valence electrons. The number of esters is 1. The highest BCUT2D eigenvalue weighted by atomic mass is 16.5. The van der Waals surface area contributed by atoms with Gasteiger partial charge >= 0.3 is 5.97 Å². The number of hydrogen-bond donors (Lipinski definition) is 0. The van der Waals surface area contributed by atoms with Crippen LogP contribution in [0.1, 0.15) is 72.1 Å². The van der Waals surface area contributed by atoms with Crippen LogP contribution >= 0.6 is 0 Å². The molecule has 1 unspecified atom stereocenters. The highest BCUT2D eigenvalue weighted by molar-refractivity contribution is 5.65. The first-order chi connectivity index (χ1) is 8.66. The number of unbranched alkanes of at least 4 members (excludes halogenated alkanes) is 6. The first kappa shape index (κ1) is 17.2. The van der Waals surface area contributed by atoms with Crippen molar-refractivity contribution in [2.24, 2.45) is 5.92 Å². The summed E-state index contributed by atoms with van der Waals surface area (Å²) in [7, 11) is 0. The Labute approximate surface area is 113 Å². The number of rotatable bonds is 11. The molecule has 1 atom stereocenters. The minimum atomic E-state index is -0.162. The van der Waals surface area contributed by atoms with Crippen LogP contribution in [0.15, 0.2) is 12.2 Å². The van der Waals surface area contributed by atoms with Gasteiger partial charge < -0.3 is 4.74 Å². The molecule has 0 bridgehead atoms. The monoisotopic (exact) mass is 254 g/mol. The lowest BCUT2D eigenvalue weighted by atomic mass is 10.0. The van der Waals surface area contributed by atoms with Gasteiger partial charge in [0.1, 0.15) is 0 Å². The summed E-state index contributed by atoms with van der Waals surface area (Å²) in [5.74, 6) is 0.573. The molecule has 0 aliphatic carbocycles. The molecule has 0 aromatic rings. The van der Waals surface area contributed by atoms with Crippen molar-refractivity contribution in [3.05, 3.63) is 12.2 Å². The van der Waals surface area contributed by atoms with Crippen molar-refractivity contribution in [3.63, 3.8) is 0 Å². The van der Waals surface area contributed by atoms with Crippen LogP contribution in [0.3, 0.4) is 0 Å². The van der Waals surface area contributed by atoms with E-state index in [1.807, 2.05) is 0 Å². The van der Waals surface area contributed by atoms with Crippen molar-refractivity contribution in [1.29, 1.82) is 0 Å². The van der Waals surface area contributed by atoms with E-state index in [4.69, 9.17) is 4.74 Å². The summed E-state index contributed by atoms with van der Waals surface area (Å²) in [6.45, 7) is 6.44. The van der Waals surface area contributed by atoms with Crippen molar-refractivity contribution in [1.82, 2.24) is 0 Å². The first-order valence-corrected chi connectivity index (χ1v) is 7.43. The van der Waals surface area contributed by atoms with E-state index < -0.39 is 0 Å². The molecule has 0 spiro atoms. The zero-order chi connectivity index (χ0) is 13.6. The van der Waals surface area contributed by atoms with Gasteiger partial charge in [-0.15, -0.1) is 0 Å². The Hall–Kier alpha value is -0.790. The molecule has 0 aliphatic heterocycles. The summed E-state index contributed by atoms with van der Waals surface area (Å²) >= 11 is 0. The van der Waals surface area contributed by atoms with Gasteiger partial charge in [-0.1, -0.05) is 57.6 Å². The summed E-state index contributed by atoms with van der Waals surface area (Å²) in [5.41, 5.74) is 0. The predicted molar refractivity (Wildman–Crippen MR) is 77.5 cm³/mol. The van der Waals surface area contributed by atoms with Gasteiger partial charge in [0.05, 0.1) is 6.61 Å². The Balaban J connectivity index is 3.09. The maximum atomic E-state index is 10.5. The Morgan fingerprint density at radius 2 is 1.61 bits per heavy atom. The summed E-state index contributed by atoms with van der Waals surface area (Å²) < 4.78 is 4.89. The van der Waals surface area contributed by atoms with E-state index in [0.717, 1.165) is 12.3 Å². The molecule has 0 radical (unpaired) electrons. The summed E-state index contributed by atoms with van der Waals surface area (Å²) in [6.07, 6.45) is 14.6. The quantitative estimate of drug-likeness (QED) is 0.298. The van der Waals surface area contributed by atoms with Crippen LogP contribution in [0.2, 0.25) is 0 Å². The van der Waals surface area contributed by atoms with Gasteiger partial charge in [-0.05, 0) is 25.7 Å². The van der Waals surface area contributed by atoms with Gasteiger partial charge in [0.2, 0.25) is 0 Å². The third kappa shape index (κ3) is 13.3. The smallest absolute Gasteiger partial charge is 0.302 e. The zero-order valence-corrected chi connectivity index (χ0v) is 12.4. The van der Waals surface area contributed by atoms with E-state index in [-0.39, 0.29) is 5.97 Å². The number of carbonyl (C=O) groups is 1. The normalized spacial score (nSPS) is 12.8. The van der Waals surface area contributed by atoms with Crippen LogP contribution in [0.4, 0.5) is 0 Å². The molecular weight excluding hydrogens is 224 g/mol. The van der Waals surface area contributed by atoms with Crippen molar-refractivity contribution >= 4 is 5.97 Å². The maximum absolute atomic E-state index is 10.5. The largest absolute Gasteiger partial charge is 0.466 e. The van der Waals surface area contributed by atoms with Gasteiger partial charge in [-0.2, -0.15) is 0 Å². The second-order valence-electron chi connectivity index (χ2n) is 5.11. The van der Waals surface area contributed by atoms with Crippen LogP contribution in [0, 0.1) is 5.92 Å². The van der Waals surface area contributed by atoms with Crippen LogP contribution in [-0.2, 0) is 9.53 Å². The molecule has 18 heavy (non-hydrogen) atoms. The van der Waals surface area contributed by atoms with Crippen molar-refractivity contribution in [3.8, 4) is 0 Å². The number of carbonyl (C=O) groups excluding carboxylic acids is 1.